The smallest absolute Gasteiger partial charge is 0.280 e. The third kappa shape index (κ3) is 2.02. The van der Waals surface area contributed by atoms with E-state index >= 15 is 0 Å². The van der Waals surface area contributed by atoms with E-state index in [0.717, 1.165) is 25.0 Å². The van der Waals surface area contributed by atoms with E-state index in [4.69, 9.17) is 0 Å². The van der Waals surface area contributed by atoms with Gasteiger partial charge in [-0.05, 0) is 31.2 Å². The Hall–Kier alpha value is -1.63. The number of rotatable bonds is 3. The number of alkyl halides is 2. The van der Waals surface area contributed by atoms with Crippen LogP contribution in [0.25, 0.3) is 5.78 Å². The molecule has 2 aromatic rings. The van der Waals surface area contributed by atoms with Crippen molar-refractivity contribution >= 4 is 5.78 Å². The zero-order valence-corrected chi connectivity index (χ0v) is 11.7. The first-order chi connectivity index (χ1) is 10.2. The van der Waals surface area contributed by atoms with Gasteiger partial charge in [0.1, 0.15) is 12.0 Å². The van der Waals surface area contributed by atoms with Crippen LogP contribution in [0.2, 0.25) is 0 Å². The Labute approximate surface area is 120 Å². The number of hydrogen-bond donors (Lipinski definition) is 1. The van der Waals surface area contributed by atoms with Crippen molar-refractivity contribution in [2.45, 2.75) is 50.6 Å². The normalized spacial score (nSPS) is 31.6. The van der Waals surface area contributed by atoms with Gasteiger partial charge in [0.05, 0.1) is 5.69 Å². The molecule has 112 valence electrons. The fraction of sp³-hybridized carbons (Fsp3) is 0.643. The summed E-state index contributed by atoms with van der Waals surface area (Å²) in [4.78, 5) is 7.84. The quantitative estimate of drug-likeness (QED) is 0.943. The highest BCUT2D eigenvalue weighted by Crippen LogP contribution is 2.53. The summed E-state index contributed by atoms with van der Waals surface area (Å²) in [7, 11) is 0. The molecule has 1 aliphatic carbocycles. The molecular formula is C14H17F2N5. The minimum atomic E-state index is -2.58. The van der Waals surface area contributed by atoms with Gasteiger partial charge in [-0.3, -0.25) is 0 Å². The molecule has 1 saturated heterocycles. The lowest BCUT2D eigenvalue weighted by atomic mass is 10.0. The fourth-order valence-corrected chi connectivity index (χ4v) is 3.64. The first kappa shape index (κ1) is 13.1. The van der Waals surface area contributed by atoms with Crippen molar-refractivity contribution in [3.05, 3.63) is 23.8 Å². The second kappa shape index (κ2) is 4.69. The molecular weight excluding hydrogens is 276 g/mol. The van der Waals surface area contributed by atoms with Crippen LogP contribution >= 0.6 is 0 Å². The molecule has 21 heavy (non-hydrogen) atoms. The van der Waals surface area contributed by atoms with Crippen molar-refractivity contribution < 1.29 is 8.78 Å². The number of nitrogens with one attached hydrogen (secondary N) is 1. The number of piperidine rings is 1. The van der Waals surface area contributed by atoms with Crippen LogP contribution in [0.1, 0.15) is 49.9 Å². The third-order valence-electron chi connectivity index (χ3n) is 4.80. The molecule has 2 aromatic heterocycles. The van der Waals surface area contributed by atoms with E-state index in [2.05, 4.69) is 27.3 Å². The van der Waals surface area contributed by atoms with Crippen LogP contribution in [-0.4, -0.2) is 31.7 Å². The highest BCUT2D eigenvalue weighted by Gasteiger charge is 2.54. The molecule has 1 N–H and O–H groups in total. The lowest BCUT2D eigenvalue weighted by Gasteiger charge is -2.20. The molecule has 0 spiro atoms. The minimum Gasteiger partial charge on any atom is -0.310 e. The van der Waals surface area contributed by atoms with E-state index in [-0.39, 0.29) is 17.4 Å². The molecule has 2 aliphatic rings. The lowest BCUT2D eigenvalue weighted by Crippen LogP contribution is -2.35. The highest BCUT2D eigenvalue weighted by molar-refractivity contribution is 5.37. The standard InChI is InChI=1S/C14H17F2N5/c1-2-7-3-4-8-11(12(8)19-7)10-5-9(13(15)16)20-14-17-6-18-21(10)14/h5-8,11-13,19H,2-4H2,1H3/t7-,8-,11?,12-/m0/s1. The van der Waals surface area contributed by atoms with Gasteiger partial charge >= 0.3 is 0 Å². The monoisotopic (exact) mass is 293 g/mol. The zero-order chi connectivity index (χ0) is 14.6. The summed E-state index contributed by atoms with van der Waals surface area (Å²) < 4.78 is 27.6. The van der Waals surface area contributed by atoms with Gasteiger partial charge in [0.2, 0.25) is 0 Å². The predicted molar refractivity (Wildman–Crippen MR) is 72.2 cm³/mol. The third-order valence-corrected chi connectivity index (χ3v) is 4.80. The molecule has 5 nitrogen and oxygen atoms in total. The number of nitrogens with zero attached hydrogens (tertiary/aromatic N) is 4. The van der Waals surface area contributed by atoms with Crippen molar-refractivity contribution in [2.24, 2.45) is 5.92 Å². The SMILES string of the molecule is CC[C@H]1CC[C@H]2C(c3cc(C(F)F)nc4ncnn34)[C@H]2N1. The number of fused-ring (bicyclic) bond motifs is 2. The van der Waals surface area contributed by atoms with Gasteiger partial charge in [0, 0.05) is 18.0 Å². The summed E-state index contributed by atoms with van der Waals surface area (Å²) in [5, 5.41) is 7.77. The van der Waals surface area contributed by atoms with Gasteiger partial charge < -0.3 is 5.32 Å². The maximum atomic E-state index is 13.0. The molecule has 0 bridgehead atoms. The van der Waals surface area contributed by atoms with E-state index in [1.54, 1.807) is 4.52 Å². The van der Waals surface area contributed by atoms with E-state index in [1.807, 2.05) is 0 Å². The summed E-state index contributed by atoms with van der Waals surface area (Å²) in [5.41, 5.74) is 0.605. The van der Waals surface area contributed by atoms with Gasteiger partial charge in [-0.15, -0.1) is 0 Å². The van der Waals surface area contributed by atoms with Crippen molar-refractivity contribution in [2.75, 3.05) is 0 Å². The van der Waals surface area contributed by atoms with Crippen LogP contribution < -0.4 is 5.32 Å². The Morgan fingerprint density at radius 1 is 1.43 bits per heavy atom. The Kier molecular flexibility index (Phi) is 2.92. The molecule has 4 atom stereocenters. The maximum Gasteiger partial charge on any atom is 0.280 e. The molecule has 2 fully saturated rings. The molecule has 1 saturated carbocycles. The van der Waals surface area contributed by atoms with E-state index in [0.29, 0.717) is 18.0 Å². The second-order valence-electron chi connectivity index (χ2n) is 5.94. The van der Waals surface area contributed by atoms with Crippen LogP contribution in [0.5, 0.6) is 0 Å². The minimum absolute atomic E-state index is 0.207. The van der Waals surface area contributed by atoms with Gasteiger partial charge in [-0.1, -0.05) is 6.92 Å². The van der Waals surface area contributed by atoms with Crippen LogP contribution in [0.4, 0.5) is 8.78 Å². The first-order valence-corrected chi connectivity index (χ1v) is 7.43. The Morgan fingerprint density at radius 3 is 3.05 bits per heavy atom. The summed E-state index contributed by atoms with van der Waals surface area (Å²) >= 11 is 0. The van der Waals surface area contributed by atoms with Crippen LogP contribution in [0.15, 0.2) is 12.4 Å². The molecule has 0 aromatic carbocycles. The van der Waals surface area contributed by atoms with E-state index in [9.17, 15) is 8.78 Å². The van der Waals surface area contributed by atoms with Gasteiger partial charge in [-0.2, -0.15) is 10.1 Å². The molecule has 3 heterocycles. The van der Waals surface area contributed by atoms with Gasteiger partial charge in [-0.25, -0.2) is 18.3 Å². The van der Waals surface area contributed by atoms with Crippen LogP contribution in [0, 0.1) is 5.92 Å². The maximum absolute atomic E-state index is 13.0. The average molecular weight is 293 g/mol. The molecule has 7 heteroatoms. The van der Waals surface area contributed by atoms with Crippen molar-refractivity contribution in [3.63, 3.8) is 0 Å². The Bertz CT molecular complexity index is 670. The van der Waals surface area contributed by atoms with Gasteiger partial charge in [0.15, 0.2) is 0 Å². The fourth-order valence-electron chi connectivity index (χ4n) is 3.64. The van der Waals surface area contributed by atoms with Crippen LogP contribution in [-0.2, 0) is 0 Å². The average Bonchev–Trinajstić information content (AvgIpc) is 2.99. The molecule has 4 rings (SSSR count). The summed E-state index contributed by atoms with van der Waals surface area (Å²) in [5.74, 6) is 1.03. The second-order valence-corrected chi connectivity index (χ2v) is 5.94. The Balaban J connectivity index is 1.72. The summed E-state index contributed by atoms with van der Waals surface area (Å²) in [6.45, 7) is 2.17. The largest absolute Gasteiger partial charge is 0.310 e. The summed E-state index contributed by atoms with van der Waals surface area (Å²) in [6.07, 6.45) is 2.19. The Morgan fingerprint density at radius 2 is 2.29 bits per heavy atom. The molecule has 1 aliphatic heterocycles. The lowest BCUT2D eigenvalue weighted by molar-refractivity contribution is 0.146. The van der Waals surface area contributed by atoms with Crippen LogP contribution in [0.3, 0.4) is 0 Å². The number of aromatic nitrogens is 4. The topological polar surface area (TPSA) is 55.1 Å². The molecule has 0 radical (unpaired) electrons. The molecule has 1 unspecified atom stereocenters. The summed E-state index contributed by atoms with van der Waals surface area (Å²) in [6, 6.07) is 2.42. The first-order valence-electron chi connectivity index (χ1n) is 7.43. The highest BCUT2D eigenvalue weighted by atomic mass is 19.3. The predicted octanol–water partition coefficient (Wildman–Crippen LogP) is 2.31. The van der Waals surface area contributed by atoms with E-state index < -0.39 is 6.43 Å². The van der Waals surface area contributed by atoms with Gasteiger partial charge in [0.25, 0.3) is 12.2 Å². The molecule has 0 amide bonds. The number of halogens is 2. The zero-order valence-electron chi connectivity index (χ0n) is 11.7. The van der Waals surface area contributed by atoms with E-state index in [1.165, 1.54) is 12.4 Å². The van der Waals surface area contributed by atoms with Crippen molar-refractivity contribution in [3.8, 4) is 0 Å². The van der Waals surface area contributed by atoms with Crippen molar-refractivity contribution in [1.29, 1.82) is 0 Å². The number of hydrogen-bond acceptors (Lipinski definition) is 4. The van der Waals surface area contributed by atoms with Crippen molar-refractivity contribution in [1.82, 2.24) is 24.9 Å².